The average Bonchev–Trinajstić information content (AvgIpc) is 2.70. The number of para-hydroxylation sites is 1. The molecule has 3 rings (SSSR count). The lowest BCUT2D eigenvalue weighted by Crippen LogP contribution is -2.34. The number of carbonyl (C=O) groups excluding carboxylic acids is 1. The Kier molecular flexibility index (Phi) is 6.07. The second-order valence-corrected chi connectivity index (χ2v) is 8.63. The number of hydrogen-bond donors (Lipinski definition) is 1. The van der Waals surface area contributed by atoms with E-state index in [4.69, 9.17) is 0 Å². The van der Waals surface area contributed by atoms with Crippen LogP contribution in [0.4, 0.5) is 11.4 Å². The zero-order chi connectivity index (χ0) is 21.2. The highest BCUT2D eigenvalue weighted by Gasteiger charge is 2.29. The smallest absolute Gasteiger partial charge is 0.286 e. The van der Waals surface area contributed by atoms with Crippen LogP contribution in [-0.2, 0) is 22.9 Å². The second kappa shape index (κ2) is 8.37. The van der Waals surface area contributed by atoms with Crippen LogP contribution >= 0.6 is 0 Å². The summed E-state index contributed by atoms with van der Waals surface area (Å²) in [5.41, 5.74) is 3.78. The largest absolute Gasteiger partial charge is 0.328 e. The monoisotopic (exact) mass is 413 g/mol. The lowest BCUT2D eigenvalue weighted by atomic mass is 10.0. The van der Waals surface area contributed by atoms with Gasteiger partial charge in [-0.15, -0.1) is 4.40 Å². The van der Waals surface area contributed by atoms with Crippen molar-refractivity contribution in [2.45, 2.75) is 51.9 Å². The van der Waals surface area contributed by atoms with Crippen molar-refractivity contribution in [2.24, 2.45) is 4.40 Å². The minimum atomic E-state index is -3.83. The molecule has 0 aromatic heterocycles. The number of amides is 1. The first-order chi connectivity index (χ1) is 13.8. The van der Waals surface area contributed by atoms with E-state index >= 15 is 0 Å². The Morgan fingerprint density at radius 2 is 1.72 bits per heavy atom. The van der Waals surface area contributed by atoms with E-state index in [0.29, 0.717) is 23.6 Å². The number of anilines is 2. The number of amidine groups is 1. The molecule has 154 valence electrons. The summed E-state index contributed by atoms with van der Waals surface area (Å²) in [4.78, 5) is 14.9. The number of sulfonamides is 1. The Labute approximate surface area is 172 Å². The topological polar surface area (TPSA) is 78.8 Å². The standard InChI is InChI=1S/C22H27N3O3S/c1-5-13-25-15(4)24-29(27,28)20-14-18(11-12-19(20)25)22(26)23-21-16(6-2)9-8-10-17(21)7-3/h8-12,14H,5-7,13H2,1-4H3,(H,23,26). The highest BCUT2D eigenvalue weighted by molar-refractivity contribution is 7.90. The summed E-state index contributed by atoms with van der Waals surface area (Å²) >= 11 is 0. The number of nitrogens with zero attached hydrogens (tertiary/aromatic N) is 2. The summed E-state index contributed by atoms with van der Waals surface area (Å²) in [5.74, 6) is 0.118. The molecule has 1 aliphatic rings. The van der Waals surface area contributed by atoms with Crippen molar-refractivity contribution in [3.05, 3.63) is 53.1 Å². The molecule has 0 fully saturated rings. The number of rotatable bonds is 6. The fraction of sp³-hybridized carbons (Fsp3) is 0.364. The Morgan fingerprint density at radius 3 is 2.31 bits per heavy atom. The van der Waals surface area contributed by atoms with E-state index in [1.807, 2.05) is 43.9 Å². The predicted octanol–water partition coefficient (Wildman–Crippen LogP) is 4.40. The third-order valence-corrected chi connectivity index (χ3v) is 6.51. The molecule has 1 amide bonds. The number of carbonyl (C=O) groups is 1. The summed E-state index contributed by atoms with van der Waals surface area (Å²) < 4.78 is 29.1. The van der Waals surface area contributed by atoms with Gasteiger partial charge in [0, 0.05) is 17.8 Å². The molecule has 2 aromatic rings. The first kappa shape index (κ1) is 21.0. The summed E-state index contributed by atoms with van der Waals surface area (Å²) in [7, 11) is -3.83. The third kappa shape index (κ3) is 4.05. The number of aryl methyl sites for hydroxylation is 2. The maximum Gasteiger partial charge on any atom is 0.286 e. The van der Waals surface area contributed by atoms with Gasteiger partial charge in [-0.2, -0.15) is 8.42 Å². The molecule has 0 atom stereocenters. The summed E-state index contributed by atoms with van der Waals surface area (Å²) in [6, 6.07) is 10.8. The lowest BCUT2D eigenvalue weighted by molar-refractivity contribution is 0.102. The highest BCUT2D eigenvalue weighted by atomic mass is 32.2. The summed E-state index contributed by atoms with van der Waals surface area (Å²) in [6.45, 7) is 8.45. The van der Waals surface area contributed by atoms with Gasteiger partial charge in [0.25, 0.3) is 15.9 Å². The van der Waals surface area contributed by atoms with Crippen LogP contribution in [0.15, 0.2) is 45.7 Å². The van der Waals surface area contributed by atoms with E-state index in [-0.39, 0.29) is 10.8 Å². The van der Waals surface area contributed by atoms with Crippen LogP contribution in [0.2, 0.25) is 0 Å². The van der Waals surface area contributed by atoms with E-state index in [0.717, 1.165) is 36.1 Å². The van der Waals surface area contributed by atoms with Gasteiger partial charge < -0.3 is 10.2 Å². The van der Waals surface area contributed by atoms with E-state index in [2.05, 4.69) is 9.71 Å². The highest BCUT2D eigenvalue weighted by Crippen LogP contribution is 2.33. The van der Waals surface area contributed by atoms with Crippen LogP contribution in [0.1, 0.15) is 55.6 Å². The average molecular weight is 414 g/mol. The van der Waals surface area contributed by atoms with Crippen molar-refractivity contribution in [1.82, 2.24) is 0 Å². The first-order valence-electron chi connectivity index (χ1n) is 9.97. The van der Waals surface area contributed by atoms with E-state index in [1.165, 1.54) is 6.07 Å². The SMILES string of the molecule is CCCN1C(C)=NS(=O)(=O)c2cc(C(=O)Nc3c(CC)cccc3CC)ccc21. The number of hydrogen-bond acceptors (Lipinski definition) is 4. The fourth-order valence-electron chi connectivity index (χ4n) is 3.63. The minimum Gasteiger partial charge on any atom is -0.328 e. The van der Waals surface area contributed by atoms with Gasteiger partial charge in [0.2, 0.25) is 0 Å². The number of benzene rings is 2. The van der Waals surface area contributed by atoms with E-state index in [1.54, 1.807) is 19.1 Å². The van der Waals surface area contributed by atoms with Crippen molar-refractivity contribution in [1.29, 1.82) is 0 Å². The van der Waals surface area contributed by atoms with Gasteiger partial charge in [0.15, 0.2) is 0 Å². The Balaban J connectivity index is 2.00. The molecule has 0 aliphatic carbocycles. The quantitative estimate of drug-likeness (QED) is 0.761. The second-order valence-electron chi connectivity index (χ2n) is 7.06. The Bertz CT molecular complexity index is 1050. The first-order valence-corrected chi connectivity index (χ1v) is 11.4. The normalized spacial score (nSPS) is 14.9. The molecule has 7 heteroatoms. The van der Waals surface area contributed by atoms with Crippen LogP contribution < -0.4 is 10.2 Å². The van der Waals surface area contributed by atoms with E-state index in [9.17, 15) is 13.2 Å². The zero-order valence-electron chi connectivity index (χ0n) is 17.3. The molecule has 0 unspecified atom stereocenters. The summed E-state index contributed by atoms with van der Waals surface area (Å²) in [5, 5.41) is 2.99. The van der Waals surface area contributed by atoms with Crippen molar-refractivity contribution in [3.63, 3.8) is 0 Å². The number of nitrogens with one attached hydrogen (secondary N) is 1. The van der Waals surface area contributed by atoms with Crippen LogP contribution in [0.5, 0.6) is 0 Å². The van der Waals surface area contributed by atoms with Gasteiger partial charge in [-0.1, -0.05) is 39.0 Å². The molecule has 1 aliphatic heterocycles. The Morgan fingerprint density at radius 1 is 1.07 bits per heavy atom. The molecule has 0 saturated heterocycles. The van der Waals surface area contributed by atoms with Gasteiger partial charge in [-0.25, -0.2) is 0 Å². The van der Waals surface area contributed by atoms with Crippen LogP contribution in [0.25, 0.3) is 0 Å². The van der Waals surface area contributed by atoms with Gasteiger partial charge >= 0.3 is 0 Å². The van der Waals surface area contributed by atoms with E-state index < -0.39 is 10.0 Å². The molecule has 0 spiro atoms. The van der Waals surface area contributed by atoms with Crippen LogP contribution in [0.3, 0.4) is 0 Å². The molecule has 1 N–H and O–H groups in total. The molecule has 2 aromatic carbocycles. The van der Waals surface area contributed by atoms with Gasteiger partial charge in [0.05, 0.1) is 5.69 Å². The van der Waals surface area contributed by atoms with Crippen molar-refractivity contribution in [3.8, 4) is 0 Å². The molecular formula is C22H27N3O3S. The summed E-state index contributed by atoms with van der Waals surface area (Å²) in [6.07, 6.45) is 2.44. The molecule has 29 heavy (non-hydrogen) atoms. The lowest BCUT2D eigenvalue weighted by Gasteiger charge is -2.29. The number of fused-ring (bicyclic) bond motifs is 1. The van der Waals surface area contributed by atoms with Crippen molar-refractivity contribution >= 4 is 33.1 Å². The van der Waals surface area contributed by atoms with Crippen LogP contribution in [-0.4, -0.2) is 26.7 Å². The van der Waals surface area contributed by atoms with Crippen molar-refractivity contribution in [2.75, 3.05) is 16.8 Å². The maximum absolute atomic E-state index is 13.0. The van der Waals surface area contributed by atoms with Crippen molar-refractivity contribution < 1.29 is 13.2 Å². The molecular weight excluding hydrogens is 386 g/mol. The molecule has 0 radical (unpaired) electrons. The van der Waals surface area contributed by atoms with Crippen LogP contribution in [0, 0.1) is 0 Å². The molecule has 0 saturated carbocycles. The molecule has 6 nitrogen and oxygen atoms in total. The Hall–Kier alpha value is -2.67. The molecule has 0 bridgehead atoms. The predicted molar refractivity (Wildman–Crippen MR) is 118 cm³/mol. The van der Waals surface area contributed by atoms with Gasteiger partial charge in [-0.05, 0) is 55.5 Å². The minimum absolute atomic E-state index is 0.0729. The van der Waals surface area contributed by atoms with Gasteiger partial charge in [-0.3, -0.25) is 4.79 Å². The molecule has 1 heterocycles. The maximum atomic E-state index is 13.0. The van der Waals surface area contributed by atoms with Gasteiger partial charge in [0.1, 0.15) is 10.7 Å². The fourth-order valence-corrected chi connectivity index (χ4v) is 4.89. The zero-order valence-corrected chi connectivity index (χ0v) is 18.1. The third-order valence-electron chi connectivity index (χ3n) is 5.12.